The number of amides is 2. The van der Waals surface area contributed by atoms with Gasteiger partial charge in [0.2, 0.25) is 5.91 Å². The Hall–Kier alpha value is -1.63. The molecule has 25 heavy (non-hydrogen) atoms. The minimum atomic E-state index is -0.617. The summed E-state index contributed by atoms with van der Waals surface area (Å²) in [5, 5.41) is 0. The van der Waals surface area contributed by atoms with E-state index < -0.39 is 17.7 Å². The monoisotopic (exact) mass is 414 g/mol. The van der Waals surface area contributed by atoms with Crippen molar-refractivity contribution >= 4 is 33.6 Å². The molecule has 1 fully saturated rings. The van der Waals surface area contributed by atoms with E-state index in [0.29, 0.717) is 23.1 Å². The van der Waals surface area contributed by atoms with Gasteiger partial charge in [-0.2, -0.15) is 0 Å². The van der Waals surface area contributed by atoms with Gasteiger partial charge in [0.1, 0.15) is 17.5 Å². The van der Waals surface area contributed by atoms with E-state index in [1.807, 2.05) is 0 Å². The van der Waals surface area contributed by atoms with E-state index >= 15 is 0 Å². The van der Waals surface area contributed by atoms with Gasteiger partial charge in [0.25, 0.3) is 0 Å². The smallest absolute Gasteiger partial charge is 0.410 e. The van der Waals surface area contributed by atoms with Crippen molar-refractivity contribution < 1.29 is 18.7 Å². The fourth-order valence-corrected chi connectivity index (χ4v) is 3.44. The second kappa shape index (κ2) is 7.72. The van der Waals surface area contributed by atoms with Gasteiger partial charge in [0.05, 0.1) is 5.69 Å². The third-order valence-corrected chi connectivity index (χ3v) is 4.65. The lowest BCUT2D eigenvalue weighted by Gasteiger charge is -2.37. The van der Waals surface area contributed by atoms with Gasteiger partial charge in [-0.3, -0.25) is 9.69 Å². The Balaban J connectivity index is 2.20. The van der Waals surface area contributed by atoms with Gasteiger partial charge in [-0.25, -0.2) is 9.18 Å². The Bertz CT molecular complexity index is 660. The van der Waals surface area contributed by atoms with Crippen LogP contribution in [0.4, 0.5) is 14.9 Å². The second-order valence-electron chi connectivity index (χ2n) is 7.18. The summed E-state index contributed by atoms with van der Waals surface area (Å²) in [5.74, 6) is -0.595. The quantitative estimate of drug-likeness (QED) is 0.722. The molecule has 1 saturated heterocycles. The van der Waals surface area contributed by atoms with Crippen LogP contribution in [0.3, 0.4) is 0 Å². The van der Waals surface area contributed by atoms with Crippen LogP contribution >= 0.6 is 15.9 Å². The number of hydrogen-bond donors (Lipinski definition) is 0. The average Bonchev–Trinajstić information content (AvgIpc) is 2.52. The highest BCUT2D eigenvalue weighted by molar-refractivity contribution is 9.10. The molecule has 0 saturated carbocycles. The zero-order valence-electron chi connectivity index (χ0n) is 15.0. The standard InChI is InChI=1S/C18H24BrFN2O3/c1-18(2,3)25-17(24)22-10-6-5-7-15(22)16(23)21(4)14-9-8-12(20)11-13(14)19/h8-9,11,15H,5-7,10H2,1-4H3. The van der Waals surface area contributed by atoms with Gasteiger partial charge in [0.15, 0.2) is 0 Å². The van der Waals surface area contributed by atoms with E-state index in [1.165, 1.54) is 28.0 Å². The van der Waals surface area contributed by atoms with Crippen molar-refractivity contribution in [3.05, 3.63) is 28.5 Å². The summed E-state index contributed by atoms with van der Waals surface area (Å²) >= 11 is 3.28. The Kier molecular flexibility index (Phi) is 6.08. The molecule has 0 N–H and O–H groups in total. The largest absolute Gasteiger partial charge is 0.444 e. The Morgan fingerprint density at radius 3 is 2.60 bits per heavy atom. The number of anilines is 1. The molecular formula is C18H24BrFN2O3. The number of likely N-dealkylation sites (tertiary alicyclic amines) is 1. The first-order chi connectivity index (χ1) is 11.6. The van der Waals surface area contributed by atoms with Crippen molar-refractivity contribution in [3.63, 3.8) is 0 Å². The Morgan fingerprint density at radius 2 is 2.00 bits per heavy atom. The third-order valence-electron chi connectivity index (χ3n) is 4.02. The summed E-state index contributed by atoms with van der Waals surface area (Å²) in [4.78, 5) is 28.4. The van der Waals surface area contributed by atoms with Gasteiger partial charge >= 0.3 is 6.09 Å². The first kappa shape index (κ1) is 19.7. The van der Waals surface area contributed by atoms with Gasteiger partial charge < -0.3 is 9.64 Å². The number of ether oxygens (including phenoxy) is 1. The molecule has 7 heteroatoms. The number of carbonyl (C=O) groups excluding carboxylic acids is 2. The average molecular weight is 415 g/mol. The van der Waals surface area contributed by atoms with Crippen LogP contribution in [0.25, 0.3) is 0 Å². The highest BCUT2D eigenvalue weighted by Crippen LogP contribution is 2.29. The molecule has 0 aromatic heterocycles. The molecule has 1 aromatic rings. The predicted molar refractivity (Wildman–Crippen MR) is 98.1 cm³/mol. The van der Waals surface area contributed by atoms with E-state index in [9.17, 15) is 14.0 Å². The normalized spacial score (nSPS) is 18.0. The van der Waals surface area contributed by atoms with Crippen LogP contribution < -0.4 is 4.90 Å². The molecule has 0 radical (unpaired) electrons. The van der Waals surface area contributed by atoms with Crippen LogP contribution in [-0.4, -0.2) is 42.1 Å². The first-order valence-electron chi connectivity index (χ1n) is 8.32. The van der Waals surface area contributed by atoms with Crippen LogP contribution in [0.2, 0.25) is 0 Å². The number of hydrogen-bond acceptors (Lipinski definition) is 3. The van der Waals surface area contributed by atoms with E-state index in [4.69, 9.17) is 4.74 Å². The molecule has 0 spiro atoms. The van der Waals surface area contributed by atoms with Crippen molar-refractivity contribution in [2.75, 3.05) is 18.5 Å². The summed E-state index contributed by atoms with van der Waals surface area (Å²) in [6, 6.07) is 3.57. The second-order valence-corrected chi connectivity index (χ2v) is 8.03. The molecule has 1 aliphatic heterocycles. The van der Waals surface area contributed by atoms with E-state index in [-0.39, 0.29) is 11.7 Å². The van der Waals surface area contributed by atoms with Crippen molar-refractivity contribution in [2.24, 2.45) is 0 Å². The SMILES string of the molecule is CN(C(=O)C1CCCCN1C(=O)OC(C)(C)C)c1ccc(F)cc1Br. The summed E-state index contributed by atoms with van der Waals surface area (Å²) in [6.07, 6.45) is 1.82. The molecule has 1 heterocycles. The Labute approximate surface area is 156 Å². The molecule has 5 nitrogen and oxygen atoms in total. The number of rotatable bonds is 2. The van der Waals surface area contributed by atoms with Crippen LogP contribution in [0.1, 0.15) is 40.0 Å². The molecule has 2 amide bonds. The minimum Gasteiger partial charge on any atom is -0.444 e. The molecule has 1 aliphatic rings. The summed E-state index contributed by atoms with van der Waals surface area (Å²) in [7, 11) is 1.63. The number of piperidine rings is 1. The van der Waals surface area contributed by atoms with Crippen LogP contribution in [-0.2, 0) is 9.53 Å². The van der Waals surface area contributed by atoms with Crippen molar-refractivity contribution in [3.8, 4) is 0 Å². The van der Waals surface area contributed by atoms with Crippen molar-refractivity contribution in [1.29, 1.82) is 0 Å². The maximum atomic E-state index is 13.3. The molecule has 1 aromatic carbocycles. The molecule has 0 aliphatic carbocycles. The number of halogens is 2. The number of likely N-dealkylation sites (N-methyl/N-ethyl adjacent to an activating group) is 1. The summed E-state index contributed by atoms with van der Waals surface area (Å²) in [6.45, 7) is 5.89. The Morgan fingerprint density at radius 1 is 1.32 bits per heavy atom. The lowest BCUT2D eigenvalue weighted by atomic mass is 10.0. The number of carbonyl (C=O) groups is 2. The van der Waals surface area contributed by atoms with E-state index in [1.54, 1.807) is 27.8 Å². The molecule has 2 rings (SSSR count). The lowest BCUT2D eigenvalue weighted by molar-refractivity contribution is -0.124. The van der Waals surface area contributed by atoms with Gasteiger partial charge in [-0.05, 0) is 74.2 Å². The van der Waals surface area contributed by atoms with Crippen LogP contribution in [0.15, 0.2) is 22.7 Å². The first-order valence-corrected chi connectivity index (χ1v) is 9.11. The van der Waals surface area contributed by atoms with Crippen molar-refractivity contribution in [1.82, 2.24) is 4.90 Å². The summed E-state index contributed by atoms with van der Waals surface area (Å²) in [5.41, 5.74) is -0.0605. The van der Waals surface area contributed by atoms with Gasteiger partial charge in [-0.1, -0.05) is 0 Å². The van der Waals surface area contributed by atoms with Gasteiger partial charge in [-0.15, -0.1) is 0 Å². The zero-order valence-corrected chi connectivity index (χ0v) is 16.6. The third kappa shape index (κ3) is 4.93. The summed E-state index contributed by atoms with van der Waals surface area (Å²) < 4.78 is 19.2. The van der Waals surface area contributed by atoms with E-state index in [2.05, 4.69) is 15.9 Å². The fourth-order valence-electron chi connectivity index (χ4n) is 2.82. The molecule has 0 bridgehead atoms. The maximum absolute atomic E-state index is 13.3. The lowest BCUT2D eigenvalue weighted by Crippen LogP contribution is -2.53. The van der Waals surface area contributed by atoms with E-state index in [0.717, 1.165) is 12.8 Å². The minimum absolute atomic E-state index is 0.210. The number of nitrogens with zero attached hydrogens (tertiary/aromatic N) is 2. The van der Waals surface area contributed by atoms with Crippen LogP contribution in [0.5, 0.6) is 0 Å². The fraction of sp³-hybridized carbons (Fsp3) is 0.556. The predicted octanol–water partition coefficient (Wildman–Crippen LogP) is 4.34. The van der Waals surface area contributed by atoms with Crippen LogP contribution in [0, 0.1) is 5.82 Å². The molecule has 1 atom stereocenters. The highest BCUT2D eigenvalue weighted by atomic mass is 79.9. The van der Waals surface area contributed by atoms with Gasteiger partial charge in [0, 0.05) is 18.1 Å². The topological polar surface area (TPSA) is 49.9 Å². The number of benzene rings is 1. The highest BCUT2D eigenvalue weighted by Gasteiger charge is 2.36. The zero-order chi connectivity index (χ0) is 18.8. The molecular weight excluding hydrogens is 391 g/mol. The maximum Gasteiger partial charge on any atom is 0.410 e. The molecule has 1 unspecified atom stereocenters. The van der Waals surface area contributed by atoms with Crippen molar-refractivity contribution in [2.45, 2.75) is 51.7 Å². The molecule has 138 valence electrons.